The molecule has 0 aliphatic carbocycles. The summed E-state index contributed by atoms with van der Waals surface area (Å²) in [6.07, 6.45) is 0. The molecule has 1 aliphatic rings. The number of hydrogen-bond acceptors (Lipinski definition) is 3. The van der Waals surface area contributed by atoms with Gasteiger partial charge in [0.2, 0.25) is 5.91 Å². The maximum atomic E-state index is 13.6. The molecule has 1 amide bonds. The van der Waals surface area contributed by atoms with Crippen molar-refractivity contribution in [3.8, 4) is 0 Å². The van der Waals surface area contributed by atoms with Gasteiger partial charge in [0.05, 0.1) is 0 Å². The summed E-state index contributed by atoms with van der Waals surface area (Å²) in [6.45, 7) is 9.80. The Kier molecular flexibility index (Phi) is 4.52. The van der Waals surface area contributed by atoms with E-state index in [-0.39, 0.29) is 11.7 Å². The smallest absolute Gasteiger partial charge is 0.245 e. The first kappa shape index (κ1) is 15.8. The lowest BCUT2D eigenvalue weighted by Crippen LogP contribution is -2.62. The minimum atomic E-state index is -0.636. The van der Waals surface area contributed by atoms with E-state index in [4.69, 9.17) is 0 Å². The van der Waals surface area contributed by atoms with Gasteiger partial charge >= 0.3 is 0 Å². The van der Waals surface area contributed by atoms with Crippen molar-refractivity contribution in [1.82, 2.24) is 10.6 Å². The number of halogens is 1. The van der Waals surface area contributed by atoms with Crippen LogP contribution in [0.2, 0.25) is 0 Å². The zero-order valence-electron chi connectivity index (χ0n) is 13.2. The monoisotopic (exact) mass is 293 g/mol. The van der Waals surface area contributed by atoms with Gasteiger partial charge < -0.3 is 15.5 Å². The Labute approximate surface area is 125 Å². The molecule has 0 aromatic heterocycles. The molecule has 2 rings (SSSR count). The van der Waals surface area contributed by atoms with Crippen molar-refractivity contribution in [1.29, 1.82) is 0 Å². The Morgan fingerprint density at radius 3 is 2.81 bits per heavy atom. The van der Waals surface area contributed by atoms with Crippen molar-refractivity contribution in [2.24, 2.45) is 0 Å². The number of hydrogen-bond donors (Lipinski definition) is 2. The van der Waals surface area contributed by atoms with Crippen molar-refractivity contribution < 1.29 is 9.18 Å². The molecular weight excluding hydrogens is 269 g/mol. The Morgan fingerprint density at radius 2 is 2.14 bits per heavy atom. The van der Waals surface area contributed by atoms with Crippen LogP contribution in [0, 0.1) is 5.82 Å². The fraction of sp³-hybridized carbons (Fsp3) is 0.562. The third-order valence-electron chi connectivity index (χ3n) is 3.88. The van der Waals surface area contributed by atoms with E-state index in [9.17, 15) is 9.18 Å². The molecule has 0 saturated carbocycles. The molecule has 0 unspecified atom stereocenters. The van der Waals surface area contributed by atoms with Crippen molar-refractivity contribution in [2.45, 2.75) is 45.8 Å². The molecule has 1 aliphatic heterocycles. The highest BCUT2D eigenvalue weighted by molar-refractivity contribution is 5.90. The van der Waals surface area contributed by atoms with Crippen LogP contribution in [0.4, 0.5) is 10.1 Å². The summed E-state index contributed by atoms with van der Waals surface area (Å²) < 4.78 is 13.6. The Hall–Kier alpha value is -1.62. The molecule has 21 heavy (non-hydrogen) atoms. The fourth-order valence-electron chi connectivity index (χ4n) is 2.59. The summed E-state index contributed by atoms with van der Waals surface area (Å²) in [4.78, 5) is 14.2. The molecule has 1 aromatic rings. The van der Waals surface area contributed by atoms with Crippen molar-refractivity contribution in [2.75, 3.05) is 18.0 Å². The molecular formula is C16H24FN3O. The summed E-state index contributed by atoms with van der Waals surface area (Å²) in [5, 5.41) is 6.20. The second-order valence-corrected chi connectivity index (χ2v) is 6.28. The molecule has 0 bridgehead atoms. The van der Waals surface area contributed by atoms with Gasteiger partial charge in [0, 0.05) is 31.4 Å². The van der Waals surface area contributed by atoms with Gasteiger partial charge in [-0.1, -0.05) is 13.8 Å². The number of benzene rings is 1. The number of nitrogens with one attached hydrogen (secondary N) is 2. The summed E-state index contributed by atoms with van der Waals surface area (Å²) in [7, 11) is 0. The van der Waals surface area contributed by atoms with Gasteiger partial charge in [-0.3, -0.25) is 4.79 Å². The molecule has 5 heteroatoms. The summed E-state index contributed by atoms with van der Waals surface area (Å²) >= 11 is 0. The maximum Gasteiger partial charge on any atom is 0.245 e. The van der Waals surface area contributed by atoms with E-state index in [0.717, 1.165) is 17.8 Å². The van der Waals surface area contributed by atoms with E-state index >= 15 is 0 Å². The van der Waals surface area contributed by atoms with Gasteiger partial charge in [-0.05, 0) is 37.6 Å². The van der Waals surface area contributed by atoms with Crippen LogP contribution in [0.1, 0.15) is 33.3 Å². The lowest BCUT2D eigenvalue weighted by atomic mass is 9.96. The number of carbonyl (C=O) groups is 1. The molecule has 1 fully saturated rings. The Balaban J connectivity index is 2.35. The zero-order chi connectivity index (χ0) is 15.6. The Bertz CT molecular complexity index is 528. The molecule has 4 nitrogen and oxygen atoms in total. The third kappa shape index (κ3) is 3.35. The molecule has 1 saturated heterocycles. The summed E-state index contributed by atoms with van der Waals surface area (Å²) in [5.74, 6) is -0.251. The number of anilines is 1. The second-order valence-electron chi connectivity index (χ2n) is 6.28. The standard InChI is InChI=1S/C16H24FN3O/c1-11(2)19-10-12-9-13(17)5-6-14(12)20-8-7-18-15(21)16(20,3)4/h5-6,9,11,19H,7-8,10H2,1-4H3,(H,18,21). The van der Waals surface area contributed by atoms with Crippen molar-refractivity contribution in [3.63, 3.8) is 0 Å². The van der Waals surface area contributed by atoms with Crippen LogP contribution in [-0.4, -0.2) is 30.6 Å². The largest absolute Gasteiger partial charge is 0.355 e. The van der Waals surface area contributed by atoms with E-state index < -0.39 is 5.54 Å². The van der Waals surface area contributed by atoms with E-state index in [1.807, 2.05) is 13.8 Å². The van der Waals surface area contributed by atoms with Gasteiger partial charge in [0.1, 0.15) is 11.4 Å². The van der Waals surface area contributed by atoms with E-state index in [0.29, 0.717) is 19.1 Å². The highest BCUT2D eigenvalue weighted by Crippen LogP contribution is 2.30. The average Bonchev–Trinajstić information content (AvgIpc) is 2.40. The van der Waals surface area contributed by atoms with E-state index in [1.165, 1.54) is 6.07 Å². The van der Waals surface area contributed by atoms with Crippen molar-refractivity contribution in [3.05, 3.63) is 29.6 Å². The number of nitrogens with zero attached hydrogens (tertiary/aromatic N) is 1. The SMILES string of the molecule is CC(C)NCc1cc(F)ccc1N1CCNC(=O)C1(C)C. The normalized spacial score (nSPS) is 18.0. The third-order valence-corrected chi connectivity index (χ3v) is 3.88. The highest BCUT2D eigenvalue weighted by Gasteiger charge is 2.38. The van der Waals surface area contributed by atoms with Gasteiger partial charge in [0.25, 0.3) is 0 Å². The quantitative estimate of drug-likeness (QED) is 0.893. The Morgan fingerprint density at radius 1 is 1.43 bits per heavy atom. The van der Waals surface area contributed by atoms with Gasteiger partial charge in [-0.15, -0.1) is 0 Å². The van der Waals surface area contributed by atoms with Crippen LogP contribution in [-0.2, 0) is 11.3 Å². The number of piperazine rings is 1. The average molecular weight is 293 g/mol. The van der Waals surface area contributed by atoms with Gasteiger partial charge in [-0.25, -0.2) is 4.39 Å². The summed E-state index contributed by atoms with van der Waals surface area (Å²) in [6, 6.07) is 5.09. The predicted octanol–water partition coefficient (Wildman–Crippen LogP) is 2.04. The first-order valence-electron chi connectivity index (χ1n) is 7.40. The molecule has 2 N–H and O–H groups in total. The minimum Gasteiger partial charge on any atom is -0.355 e. The van der Waals surface area contributed by atoms with Gasteiger partial charge in [-0.2, -0.15) is 0 Å². The fourth-order valence-corrected chi connectivity index (χ4v) is 2.59. The van der Waals surface area contributed by atoms with E-state index in [1.54, 1.807) is 12.1 Å². The predicted molar refractivity (Wildman–Crippen MR) is 82.8 cm³/mol. The maximum absolute atomic E-state index is 13.6. The number of carbonyl (C=O) groups excluding carboxylic acids is 1. The van der Waals surface area contributed by atoms with Gasteiger partial charge in [0.15, 0.2) is 0 Å². The van der Waals surface area contributed by atoms with Crippen LogP contribution in [0.5, 0.6) is 0 Å². The number of rotatable bonds is 4. The molecule has 116 valence electrons. The topological polar surface area (TPSA) is 44.4 Å². The zero-order valence-corrected chi connectivity index (χ0v) is 13.2. The highest BCUT2D eigenvalue weighted by atomic mass is 19.1. The van der Waals surface area contributed by atoms with Crippen LogP contribution >= 0.6 is 0 Å². The lowest BCUT2D eigenvalue weighted by molar-refractivity contribution is -0.126. The minimum absolute atomic E-state index is 0.000781. The van der Waals surface area contributed by atoms with Crippen LogP contribution in [0.15, 0.2) is 18.2 Å². The van der Waals surface area contributed by atoms with Crippen LogP contribution < -0.4 is 15.5 Å². The molecule has 1 heterocycles. The summed E-state index contributed by atoms with van der Waals surface area (Å²) in [5.41, 5.74) is 1.17. The first-order chi connectivity index (χ1) is 9.82. The molecule has 0 atom stereocenters. The lowest BCUT2D eigenvalue weighted by Gasteiger charge is -2.43. The van der Waals surface area contributed by atoms with Crippen LogP contribution in [0.25, 0.3) is 0 Å². The van der Waals surface area contributed by atoms with E-state index in [2.05, 4.69) is 29.4 Å². The van der Waals surface area contributed by atoms with Crippen molar-refractivity contribution >= 4 is 11.6 Å². The number of amides is 1. The molecule has 0 spiro atoms. The molecule has 1 aromatic carbocycles. The first-order valence-corrected chi connectivity index (χ1v) is 7.40. The molecule has 0 radical (unpaired) electrons. The van der Waals surface area contributed by atoms with Crippen LogP contribution in [0.3, 0.4) is 0 Å². The second kappa shape index (κ2) is 6.02.